The summed E-state index contributed by atoms with van der Waals surface area (Å²) in [5, 5.41) is 10.2. The Labute approximate surface area is 170 Å². The Bertz CT molecular complexity index is 1080. The molecule has 3 amide bonds. The highest BCUT2D eigenvalue weighted by Crippen LogP contribution is 2.31. The van der Waals surface area contributed by atoms with Crippen molar-refractivity contribution >= 4 is 39.5 Å². The van der Waals surface area contributed by atoms with Gasteiger partial charge in [0.2, 0.25) is 0 Å². The smallest absolute Gasteiger partial charge is 0.349 e. The van der Waals surface area contributed by atoms with E-state index in [9.17, 15) is 14.4 Å². The number of carbonyl (C=O) groups is 3. The molecule has 1 saturated carbocycles. The minimum atomic E-state index is -1.09. The number of imide groups is 1. The van der Waals surface area contributed by atoms with Crippen molar-refractivity contribution in [1.82, 2.24) is 20.4 Å². The molecule has 2 N–H and O–H groups in total. The molecule has 1 aliphatic carbocycles. The Morgan fingerprint density at radius 3 is 2.66 bits per heavy atom. The lowest BCUT2D eigenvalue weighted by atomic mass is 10.3. The Kier molecular flexibility index (Phi) is 5.06. The van der Waals surface area contributed by atoms with Gasteiger partial charge in [-0.1, -0.05) is 18.2 Å². The van der Waals surface area contributed by atoms with Crippen LogP contribution >= 0.6 is 11.3 Å². The van der Waals surface area contributed by atoms with Gasteiger partial charge in [0.1, 0.15) is 9.71 Å². The first-order chi connectivity index (χ1) is 13.9. The van der Waals surface area contributed by atoms with Gasteiger partial charge in [0.25, 0.3) is 5.91 Å². The van der Waals surface area contributed by atoms with Crippen molar-refractivity contribution < 1.29 is 19.1 Å². The SMILES string of the molecule is Cc1nn(-c2ccccc2)c2sc(C(=O)O[C@@H](C)C(=O)NC(=O)NC3CC3)cc12. The van der Waals surface area contributed by atoms with Gasteiger partial charge in [-0.05, 0) is 44.9 Å². The lowest BCUT2D eigenvalue weighted by Crippen LogP contribution is -2.45. The molecular formula is C20H20N4O4S. The molecule has 1 atom stereocenters. The molecule has 8 nitrogen and oxygen atoms in total. The first-order valence-electron chi connectivity index (χ1n) is 9.29. The Hall–Kier alpha value is -3.20. The second-order valence-corrected chi connectivity index (χ2v) is 7.98. The lowest BCUT2D eigenvalue weighted by Gasteiger charge is -2.12. The zero-order chi connectivity index (χ0) is 20.5. The van der Waals surface area contributed by atoms with E-state index >= 15 is 0 Å². The first-order valence-corrected chi connectivity index (χ1v) is 10.1. The summed E-state index contributed by atoms with van der Waals surface area (Å²) in [4.78, 5) is 37.5. The van der Waals surface area contributed by atoms with Crippen LogP contribution in [0.3, 0.4) is 0 Å². The summed E-state index contributed by atoms with van der Waals surface area (Å²) in [6, 6.07) is 10.9. The van der Waals surface area contributed by atoms with Crippen LogP contribution in [0.15, 0.2) is 36.4 Å². The molecule has 1 fully saturated rings. The third-order valence-electron chi connectivity index (χ3n) is 4.55. The van der Waals surface area contributed by atoms with Gasteiger partial charge in [-0.2, -0.15) is 5.10 Å². The summed E-state index contributed by atoms with van der Waals surface area (Å²) in [6.45, 7) is 3.31. The number of aromatic nitrogens is 2. The maximum absolute atomic E-state index is 12.5. The number of amides is 3. The van der Waals surface area contributed by atoms with E-state index in [1.807, 2.05) is 37.3 Å². The number of thiophene rings is 1. The van der Waals surface area contributed by atoms with Crippen LogP contribution in [0.2, 0.25) is 0 Å². The van der Waals surface area contributed by atoms with E-state index in [0.29, 0.717) is 4.88 Å². The maximum atomic E-state index is 12.5. The van der Waals surface area contributed by atoms with Crippen molar-refractivity contribution in [3.8, 4) is 5.69 Å². The normalized spacial score (nSPS) is 14.4. The number of nitrogens with zero attached hydrogens (tertiary/aromatic N) is 2. The van der Waals surface area contributed by atoms with E-state index in [-0.39, 0.29) is 6.04 Å². The van der Waals surface area contributed by atoms with Crippen molar-refractivity contribution in [3.05, 3.63) is 47.0 Å². The van der Waals surface area contributed by atoms with E-state index in [1.54, 1.807) is 10.7 Å². The van der Waals surface area contributed by atoms with Crippen molar-refractivity contribution in [3.63, 3.8) is 0 Å². The topological polar surface area (TPSA) is 102 Å². The molecule has 1 aromatic carbocycles. The number of nitrogens with one attached hydrogen (secondary N) is 2. The summed E-state index contributed by atoms with van der Waals surface area (Å²) >= 11 is 1.25. The number of fused-ring (bicyclic) bond motifs is 1. The molecule has 1 aliphatic rings. The summed E-state index contributed by atoms with van der Waals surface area (Å²) in [5.74, 6) is -1.28. The van der Waals surface area contributed by atoms with Gasteiger partial charge < -0.3 is 10.1 Å². The molecule has 150 valence electrons. The highest BCUT2D eigenvalue weighted by atomic mass is 32.1. The van der Waals surface area contributed by atoms with Gasteiger partial charge in [-0.25, -0.2) is 14.3 Å². The number of rotatable bonds is 5. The number of hydrogen-bond acceptors (Lipinski definition) is 6. The highest BCUT2D eigenvalue weighted by molar-refractivity contribution is 7.20. The Balaban J connectivity index is 1.47. The molecule has 0 aliphatic heterocycles. The number of ether oxygens (including phenoxy) is 1. The van der Waals surface area contributed by atoms with Crippen molar-refractivity contribution in [2.24, 2.45) is 0 Å². The molecule has 2 heterocycles. The van der Waals surface area contributed by atoms with Gasteiger partial charge in [0, 0.05) is 11.4 Å². The number of para-hydroxylation sites is 1. The fourth-order valence-electron chi connectivity index (χ4n) is 2.83. The van der Waals surface area contributed by atoms with E-state index in [4.69, 9.17) is 4.74 Å². The van der Waals surface area contributed by atoms with Crippen molar-refractivity contribution in [2.45, 2.75) is 38.8 Å². The lowest BCUT2D eigenvalue weighted by molar-refractivity contribution is -0.127. The van der Waals surface area contributed by atoms with E-state index in [2.05, 4.69) is 15.7 Å². The molecule has 0 unspecified atom stereocenters. The third kappa shape index (κ3) is 4.14. The van der Waals surface area contributed by atoms with Gasteiger partial charge in [-0.15, -0.1) is 11.3 Å². The van der Waals surface area contributed by atoms with Gasteiger partial charge >= 0.3 is 12.0 Å². The molecule has 2 aromatic heterocycles. The molecule has 3 aromatic rings. The molecule has 0 radical (unpaired) electrons. The van der Waals surface area contributed by atoms with Crippen LogP contribution in [-0.4, -0.2) is 39.8 Å². The average molecular weight is 412 g/mol. The monoisotopic (exact) mass is 412 g/mol. The highest BCUT2D eigenvalue weighted by Gasteiger charge is 2.27. The Morgan fingerprint density at radius 2 is 1.97 bits per heavy atom. The minimum absolute atomic E-state index is 0.131. The van der Waals surface area contributed by atoms with Gasteiger partial charge in [-0.3, -0.25) is 10.1 Å². The predicted molar refractivity (Wildman–Crippen MR) is 108 cm³/mol. The first kappa shape index (κ1) is 19.1. The number of aryl methyl sites for hydroxylation is 1. The largest absolute Gasteiger partial charge is 0.448 e. The molecule has 29 heavy (non-hydrogen) atoms. The second-order valence-electron chi connectivity index (χ2n) is 6.95. The quantitative estimate of drug-likeness (QED) is 0.628. The van der Waals surface area contributed by atoms with Crippen LogP contribution in [0.1, 0.15) is 35.1 Å². The van der Waals surface area contributed by atoms with Crippen LogP contribution < -0.4 is 10.6 Å². The molecule has 0 bridgehead atoms. The van der Waals surface area contributed by atoms with Crippen LogP contribution in [-0.2, 0) is 9.53 Å². The molecule has 4 rings (SSSR count). The fourth-order valence-corrected chi connectivity index (χ4v) is 3.89. The molecule has 0 spiro atoms. The third-order valence-corrected chi connectivity index (χ3v) is 5.64. The van der Waals surface area contributed by atoms with Crippen molar-refractivity contribution in [1.29, 1.82) is 0 Å². The maximum Gasteiger partial charge on any atom is 0.349 e. The van der Waals surface area contributed by atoms with Crippen LogP contribution in [0.4, 0.5) is 4.79 Å². The number of carbonyl (C=O) groups excluding carboxylic acids is 3. The Morgan fingerprint density at radius 1 is 1.24 bits per heavy atom. The molecule has 9 heteroatoms. The second kappa shape index (κ2) is 7.67. The standard InChI is InChI=1S/C20H20N4O4S/c1-11-15-10-16(29-18(15)24(23-11)14-6-4-3-5-7-14)19(26)28-12(2)17(25)22-20(27)21-13-8-9-13/h3-7,10,12-13H,8-9H2,1-2H3,(H2,21,22,25,27)/t12-/m0/s1. The summed E-state index contributed by atoms with van der Waals surface area (Å²) in [7, 11) is 0. The number of esters is 1. The molecular weight excluding hydrogens is 392 g/mol. The minimum Gasteiger partial charge on any atom is -0.448 e. The predicted octanol–water partition coefficient (Wildman–Crippen LogP) is 2.93. The van der Waals surface area contributed by atoms with Crippen LogP contribution in [0.5, 0.6) is 0 Å². The molecule has 0 saturated heterocycles. The van der Waals surface area contributed by atoms with Gasteiger partial charge in [0.05, 0.1) is 11.4 Å². The van der Waals surface area contributed by atoms with Crippen LogP contribution in [0, 0.1) is 6.92 Å². The zero-order valence-corrected chi connectivity index (χ0v) is 16.8. The van der Waals surface area contributed by atoms with Crippen molar-refractivity contribution in [2.75, 3.05) is 0 Å². The number of benzene rings is 1. The van der Waals surface area contributed by atoms with E-state index in [0.717, 1.165) is 34.4 Å². The summed E-state index contributed by atoms with van der Waals surface area (Å²) in [5.41, 5.74) is 1.68. The zero-order valence-electron chi connectivity index (χ0n) is 16.0. The van der Waals surface area contributed by atoms with E-state index < -0.39 is 24.0 Å². The van der Waals surface area contributed by atoms with E-state index in [1.165, 1.54) is 18.3 Å². The number of hydrogen-bond donors (Lipinski definition) is 2. The number of urea groups is 1. The average Bonchev–Trinajstić information content (AvgIpc) is 3.30. The summed E-state index contributed by atoms with van der Waals surface area (Å²) < 4.78 is 7.04. The fraction of sp³-hybridized carbons (Fsp3) is 0.300. The van der Waals surface area contributed by atoms with Gasteiger partial charge in [0.15, 0.2) is 6.10 Å². The van der Waals surface area contributed by atoms with Crippen LogP contribution in [0.25, 0.3) is 15.9 Å². The summed E-state index contributed by atoms with van der Waals surface area (Å²) in [6.07, 6.45) is 0.736.